The van der Waals surface area contributed by atoms with Gasteiger partial charge in [-0.1, -0.05) is 24.3 Å². The summed E-state index contributed by atoms with van der Waals surface area (Å²) in [6.45, 7) is 0.859. The standard InChI is InChI=1S/C14H14N2O2/c15-13-8-18-7-12(13)14(17)11-6-16-5-9-3-1-2-4-10(9)11/h1-6,12-13H,7-8,15H2. The molecule has 3 rings (SSSR count). The quantitative estimate of drug-likeness (QED) is 0.808. The number of ketones is 1. The first-order chi connectivity index (χ1) is 8.77. The molecule has 92 valence electrons. The van der Waals surface area contributed by atoms with Crippen molar-refractivity contribution in [3.05, 3.63) is 42.2 Å². The number of carbonyl (C=O) groups excluding carboxylic acids is 1. The lowest BCUT2D eigenvalue weighted by Crippen LogP contribution is -2.34. The normalized spacial score (nSPS) is 23.4. The van der Waals surface area contributed by atoms with E-state index in [4.69, 9.17) is 10.5 Å². The van der Waals surface area contributed by atoms with Gasteiger partial charge in [0.2, 0.25) is 0 Å². The topological polar surface area (TPSA) is 65.2 Å². The largest absolute Gasteiger partial charge is 0.379 e. The van der Waals surface area contributed by atoms with Gasteiger partial charge in [0.25, 0.3) is 0 Å². The highest BCUT2D eigenvalue weighted by Crippen LogP contribution is 2.23. The van der Waals surface area contributed by atoms with Crippen LogP contribution < -0.4 is 5.73 Å². The maximum Gasteiger partial charge on any atom is 0.172 e. The summed E-state index contributed by atoms with van der Waals surface area (Å²) in [6.07, 6.45) is 3.38. The van der Waals surface area contributed by atoms with Crippen molar-refractivity contribution in [2.75, 3.05) is 13.2 Å². The minimum absolute atomic E-state index is 0.0318. The predicted octanol–water partition coefficient (Wildman–Crippen LogP) is 1.39. The lowest BCUT2D eigenvalue weighted by Gasteiger charge is -2.13. The summed E-state index contributed by atoms with van der Waals surface area (Å²) in [5.41, 5.74) is 6.53. The molecule has 0 spiro atoms. The van der Waals surface area contributed by atoms with Crippen molar-refractivity contribution in [1.82, 2.24) is 4.98 Å². The summed E-state index contributed by atoms with van der Waals surface area (Å²) in [5, 5.41) is 1.90. The van der Waals surface area contributed by atoms with Gasteiger partial charge >= 0.3 is 0 Å². The summed E-state index contributed by atoms with van der Waals surface area (Å²) in [7, 11) is 0. The predicted molar refractivity (Wildman–Crippen MR) is 68.4 cm³/mol. The Morgan fingerprint density at radius 2 is 2.11 bits per heavy atom. The van der Waals surface area contributed by atoms with Gasteiger partial charge in [0.1, 0.15) is 0 Å². The van der Waals surface area contributed by atoms with Gasteiger partial charge in [-0.25, -0.2) is 0 Å². The molecule has 0 amide bonds. The fourth-order valence-corrected chi connectivity index (χ4v) is 2.35. The van der Waals surface area contributed by atoms with E-state index in [-0.39, 0.29) is 17.7 Å². The zero-order valence-electron chi connectivity index (χ0n) is 9.87. The van der Waals surface area contributed by atoms with Crippen LogP contribution in [0.1, 0.15) is 10.4 Å². The number of benzene rings is 1. The zero-order chi connectivity index (χ0) is 12.5. The fourth-order valence-electron chi connectivity index (χ4n) is 2.35. The first kappa shape index (κ1) is 11.3. The fraction of sp³-hybridized carbons (Fsp3) is 0.286. The van der Waals surface area contributed by atoms with Gasteiger partial charge in [-0.2, -0.15) is 0 Å². The Labute approximate surface area is 105 Å². The van der Waals surface area contributed by atoms with Crippen molar-refractivity contribution in [3.8, 4) is 0 Å². The minimum atomic E-state index is -0.252. The molecule has 1 aliphatic heterocycles. The Morgan fingerprint density at radius 1 is 1.28 bits per heavy atom. The average Bonchev–Trinajstić information content (AvgIpc) is 2.83. The summed E-state index contributed by atoms with van der Waals surface area (Å²) >= 11 is 0. The van der Waals surface area contributed by atoms with Crippen LogP contribution in [0.2, 0.25) is 0 Å². The van der Waals surface area contributed by atoms with E-state index < -0.39 is 0 Å². The smallest absolute Gasteiger partial charge is 0.172 e. The van der Waals surface area contributed by atoms with E-state index in [0.29, 0.717) is 18.8 Å². The van der Waals surface area contributed by atoms with E-state index >= 15 is 0 Å². The third-order valence-electron chi connectivity index (χ3n) is 3.39. The van der Waals surface area contributed by atoms with Crippen LogP contribution >= 0.6 is 0 Å². The van der Waals surface area contributed by atoms with Gasteiger partial charge in [0.15, 0.2) is 5.78 Å². The number of hydrogen-bond donors (Lipinski definition) is 1. The van der Waals surface area contributed by atoms with Crippen molar-refractivity contribution in [2.24, 2.45) is 11.7 Å². The molecule has 1 aromatic carbocycles. The second kappa shape index (κ2) is 4.48. The maximum atomic E-state index is 12.5. The van der Waals surface area contributed by atoms with Crippen LogP contribution in [0.3, 0.4) is 0 Å². The Bertz CT molecular complexity index is 592. The molecule has 4 heteroatoms. The highest BCUT2D eigenvalue weighted by atomic mass is 16.5. The van der Waals surface area contributed by atoms with Gasteiger partial charge in [-0.05, 0) is 5.39 Å². The molecule has 0 saturated carbocycles. The number of pyridine rings is 1. The van der Waals surface area contributed by atoms with Gasteiger partial charge in [0, 0.05) is 29.4 Å². The number of nitrogens with two attached hydrogens (primary N) is 1. The first-order valence-electron chi connectivity index (χ1n) is 5.97. The molecule has 1 fully saturated rings. The van der Waals surface area contributed by atoms with Gasteiger partial charge in [-0.15, -0.1) is 0 Å². The highest BCUT2D eigenvalue weighted by molar-refractivity contribution is 6.09. The summed E-state index contributed by atoms with van der Waals surface area (Å²) in [6, 6.07) is 7.53. The van der Waals surface area contributed by atoms with Crippen LogP contribution in [0.25, 0.3) is 10.8 Å². The number of carbonyl (C=O) groups is 1. The minimum Gasteiger partial charge on any atom is -0.379 e. The number of hydrogen-bond acceptors (Lipinski definition) is 4. The SMILES string of the molecule is NC1COCC1C(=O)c1cncc2ccccc12. The molecule has 1 saturated heterocycles. The van der Waals surface area contributed by atoms with Crippen LogP contribution in [0.5, 0.6) is 0 Å². The van der Waals surface area contributed by atoms with Crippen molar-refractivity contribution < 1.29 is 9.53 Å². The van der Waals surface area contributed by atoms with Crippen LogP contribution in [0, 0.1) is 5.92 Å². The van der Waals surface area contributed by atoms with Crippen LogP contribution in [0.15, 0.2) is 36.7 Å². The number of Topliss-reactive ketones (excluding diaryl/α,β-unsaturated/α-hetero) is 1. The summed E-state index contributed by atoms with van der Waals surface area (Å²) in [4.78, 5) is 16.6. The number of aromatic nitrogens is 1. The Morgan fingerprint density at radius 3 is 2.89 bits per heavy atom. The van der Waals surface area contributed by atoms with Crippen molar-refractivity contribution in [2.45, 2.75) is 6.04 Å². The highest BCUT2D eigenvalue weighted by Gasteiger charge is 2.32. The molecule has 2 N–H and O–H groups in total. The maximum absolute atomic E-state index is 12.5. The molecule has 4 nitrogen and oxygen atoms in total. The van der Waals surface area contributed by atoms with Crippen LogP contribution in [-0.2, 0) is 4.74 Å². The zero-order valence-corrected chi connectivity index (χ0v) is 9.87. The molecule has 1 aromatic heterocycles. The third-order valence-corrected chi connectivity index (χ3v) is 3.39. The number of ether oxygens (including phenoxy) is 1. The summed E-state index contributed by atoms with van der Waals surface area (Å²) in [5.74, 6) is -0.220. The Hall–Kier alpha value is -1.78. The molecular weight excluding hydrogens is 228 g/mol. The van der Waals surface area contributed by atoms with E-state index in [1.165, 1.54) is 0 Å². The molecule has 0 aliphatic carbocycles. The molecule has 1 aliphatic rings. The van der Waals surface area contributed by atoms with Crippen molar-refractivity contribution in [1.29, 1.82) is 0 Å². The Balaban J connectivity index is 2.06. The van der Waals surface area contributed by atoms with Crippen molar-refractivity contribution in [3.63, 3.8) is 0 Å². The summed E-state index contributed by atoms with van der Waals surface area (Å²) < 4.78 is 5.26. The van der Waals surface area contributed by atoms with Crippen molar-refractivity contribution >= 4 is 16.6 Å². The first-order valence-corrected chi connectivity index (χ1v) is 5.97. The van der Waals surface area contributed by atoms with Gasteiger partial charge in [0.05, 0.1) is 19.1 Å². The molecule has 0 radical (unpaired) electrons. The molecule has 2 atom stereocenters. The third kappa shape index (κ3) is 1.79. The monoisotopic (exact) mass is 242 g/mol. The van der Waals surface area contributed by atoms with Gasteiger partial charge < -0.3 is 10.5 Å². The lowest BCUT2D eigenvalue weighted by atomic mass is 9.92. The van der Waals surface area contributed by atoms with E-state index in [0.717, 1.165) is 10.8 Å². The second-order valence-corrected chi connectivity index (χ2v) is 4.58. The molecule has 2 unspecified atom stereocenters. The van der Waals surface area contributed by atoms with Crippen LogP contribution in [0.4, 0.5) is 0 Å². The number of fused-ring (bicyclic) bond motifs is 1. The molecule has 2 heterocycles. The van der Waals surface area contributed by atoms with Crippen LogP contribution in [-0.4, -0.2) is 30.0 Å². The average molecular weight is 242 g/mol. The van der Waals surface area contributed by atoms with E-state index in [1.807, 2.05) is 24.3 Å². The molecule has 0 bridgehead atoms. The van der Waals surface area contributed by atoms with Gasteiger partial charge in [-0.3, -0.25) is 9.78 Å². The number of nitrogens with zero attached hydrogens (tertiary/aromatic N) is 1. The Kier molecular flexibility index (Phi) is 2.81. The molecule has 18 heavy (non-hydrogen) atoms. The van der Waals surface area contributed by atoms with E-state index in [1.54, 1.807) is 12.4 Å². The van der Waals surface area contributed by atoms with E-state index in [9.17, 15) is 4.79 Å². The van der Waals surface area contributed by atoms with E-state index in [2.05, 4.69) is 4.98 Å². The lowest BCUT2D eigenvalue weighted by molar-refractivity contribution is 0.0897. The molecular formula is C14H14N2O2. The second-order valence-electron chi connectivity index (χ2n) is 4.58. The number of rotatable bonds is 2. The molecule has 2 aromatic rings.